The molecule has 1 aromatic carbocycles. The van der Waals surface area contributed by atoms with Crippen LogP contribution in [0, 0.1) is 0 Å². The van der Waals surface area contributed by atoms with E-state index < -0.39 is 23.5 Å². The Hall–Kier alpha value is -3.06. The van der Waals surface area contributed by atoms with Gasteiger partial charge in [-0.25, -0.2) is 0 Å². The van der Waals surface area contributed by atoms with E-state index in [1.807, 2.05) is 6.92 Å². The van der Waals surface area contributed by atoms with E-state index in [2.05, 4.69) is 0 Å². The molecule has 0 fully saturated rings. The monoisotopic (exact) mass is 385 g/mol. The number of ether oxygens (including phenoxy) is 2. The summed E-state index contributed by atoms with van der Waals surface area (Å²) in [7, 11) is 1.58. The first kappa shape index (κ1) is 19.7. The van der Waals surface area contributed by atoms with Gasteiger partial charge in [-0.2, -0.15) is 0 Å². The molecule has 0 spiro atoms. The van der Waals surface area contributed by atoms with Gasteiger partial charge in [-0.1, -0.05) is 12.1 Å². The van der Waals surface area contributed by atoms with Gasteiger partial charge in [0.2, 0.25) is 5.78 Å². The standard InChI is InChI=1S/C21H23NO6/c1-3-27-15-8-4-7-14(13-15)18-17(19(23)16-9-5-12-28-16)20(24)21(25)22(18)10-6-11-26-2/h4-5,7-9,12-13,18,24H,3,6,10-11H2,1-2H3/t18-/m0/s1. The second-order valence-electron chi connectivity index (χ2n) is 6.32. The number of methoxy groups -OCH3 is 1. The fourth-order valence-corrected chi connectivity index (χ4v) is 3.32. The van der Waals surface area contributed by atoms with Gasteiger partial charge in [0.05, 0.1) is 24.5 Å². The smallest absolute Gasteiger partial charge is 0.290 e. The number of hydrogen-bond donors (Lipinski definition) is 1. The maximum atomic E-state index is 13.0. The zero-order valence-corrected chi connectivity index (χ0v) is 15.9. The molecule has 148 valence electrons. The zero-order chi connectivity index (χ0) is 20.1. The predicted molar refractivity (Wildman–Crippen MR) is 101 cm³/mol. The zero-order valence-electron chi connectivity index (χ0n) is 15.9. The Morgan fingerprint density at radius 1 is 1.29 bits per heavy atom. The number of benzene rings is 1. The molecule has 0 saturated carbocycles. The largest absolute Gasteiger partial charge is 0.503 e. The molecule has 0 saturated heterocycles. The average molecular weight is 385 g/mol. The number of carbonyl (C=O) groups excluding carboxylic acids is 2. The Morgan fingerprint density at radius 2 is 2.11 bits per heavy atom. The first-order valence-electron chi connectivity index (χ1n) is 9.12. The number of amides is 1. The van der Waals surface area contributed by atoms with Gasteiger partial charge in [0.15, 0.2) is 11.5 Å². The Morgan fingerprint density at radius 3 is 2.79 bits per heavy atom. The third-order valence-corrected chi connectivity index (χ3v) is 4.53. The van der Waals surface area contributed by atoms with E-state index in [1.165, 1.54) is 17.2 Å². The molecule has 1 aromatic heterocycles. The van der Waals surface area contributed by atoms with Gasteiger partial charge in [0.1, 0.15) is 5.75 Å². The molecule has 0 unspecified atom stereocenters. The van der Waals surface area contributed by atoms with Crippen molar-refractivity contribution in [3.63, 3.8) is 0 Å². The number of nitrogens with zero attached hydrogens (tertiary/aromatic N) is 1. The lowest BCUT2D eigenvalue weighted by molar-refractivity contribution is -0.129. The third kappa shape index (κ3) is 3.80. The number of furan rings is 1. The summed E-state index contributed by atoms with van der Waals surface area (Å²) in [6, 6.07) is 9.54. The second-order valence-corrected chi connectivity index (χ2v) is 6.32. The van der Waals surface area contributed by atoms with E-state index >= 15 is 0 Å². The van der Waals surface area contributed by atoms with Crippen molar-refractivity contribution in [3.8, 4) is 5.75 Å². The first-order chi connectivity index (χ1) is 13.6. The van der Waals surface area contributed by atoms with Crippen LogP contribution in [0.25, 0.3) is 0 Å². The Kier molecular flexibility index (Phi) is 6.16. The number of aliphatic hydroxyl groups excluding tert-OH is 1. The van der Waals surface area contributed by atoms with Crippen molar-refractivity contribution in [2.75, 3.05) is 26.9 Å². The molecular formula is C21H23NO6. The molecule has 0 aliphatic carbocycles. The van der Waals surface area contributed by atoms with Crippen LogP contribution < -0.4 is 4.74 Å². The first-order valence-corrected chi connectivity index (χ1v) is 9.12. The van der Waals surface area contributed by atoms with Gasteiger partial charge in [-0.3, -0.25) is 9.59 Å². The number of Topliss-reactive ketones (excluding diaryl/α,β-unsaturated/α-hetero) is 1. The van der Waals surface area contributed by atoms with Crippen LogP contribution in [-0.4, -0.2) is 48.6 Å². The minimum absolute atomic E-state index is 0.00557. The molecule has 1 amide bonds. The summed E-state index contributed by atoms with van der Waals surface area (Å²) in [6.45, 7) is 3.15. The normalized spacial score (nSPS) is 16.7. The molecule has 7 nitrogen and oxygen atoms in total. The van der Waals surface area contributed by atoms with Crippen molar-refractivity contribution in [2.45, 2.75) is 19.4 Å². The van der Waals surface area contributed by atoms with E-state index in [0.717, 1.165) is 0 Å². The van der Waals surface area contributed by atoms with Crippen LogP contribution in [0.4, 0.5) is 0 Å². The van der Waals surface area contributed by atoms with Gasteiger partial charge < -0.3 is 23.9 Å². The molecule has 0 radical (unpaired) electrons. The third-order valence-electron chi connectivity index (χ3n) is 4.53. The number of aliphatic hydroxyl groups is 1. The summed E-state index contributed by atoms with van der Waals surface area (Å²) in [6.07, 6.45) is 1.95. The maximum absolute atomic E-state index is 13.0. The molecule has 0 bridgehead atoms. The summed E-state index contributed by atoms with van der Waals surface area (Å²) >= 11 is 0. The molecule has 7 heteroatoms. The molecule has 1 atom stereocenters. The minimum atomic E-state index is -0.734. The Balaban J connectivity index is 2.03. The molecule has 2 heterocycles. The SMILES string of the molecule is CCOc1cccc([C@H]2C(C(=O)c3ccco3)=C(O)C(=O)N2CCCOC)c1. The lowest BCUT2D eigenvalue weighted by atomic mass is 9.95. The Labute approximate surface area is 163 Å². The van der Waals surface area contributed by atoms with Gasteiger partial charge in [0.25, 0.3) is 5.91 Å². The van der Waals surface area contributed by atoms with Crippen LogP contribution in [0.2, 0.25) is 0 Å². The van der Waals surface area contributed by atoms with Crippen LogP contribution in [0.5, 0.6) is 5.75 Å². The fourth-order valence-electron chi connectivity index (χ4n) is 3.32. The molecule has 1 N–H and O–H groups in total. The minimum Gasteiger partial charge on any atom is -0.503 e. The van der Waals surface area contributed by atoms with Gasteiger partial charge in [-0.05, 0) is 43.2 Å². The number of ketones is 1. The van der Waals surface area contributed by atoms with Gasteiger partial charge in [0, 0.05) is 20.3 Å². The number of hydrogen-bond acceptors (Lipinski definition) is 6. The number of carbonyl (C=O) groups is 2. The van der Waals surface area contributed by atoms with E-state index in [4.69, 9.17) is 13.9 Å². The highest BCUT2D eigenvalue weighted by atomic mass is 16.5. The van der Waals surface area contributed by atoms with Gasteiger partial charge >= 0.3 is 0 Å². The molecule has 1 aliphatic heterocycles. The average Bonchev–Trinajstić information content (AvgIpc) is 3.31. The van der Waals surface area contributed by atoms with Crippen LogP contribution in [-0.2, 0) is 9.53 Å². The highest BCUT2D eigenvalue weighted by Crippen LogP contribution is 2.40. The quantitative estimate of drug-likeness (QED) is 0.526. The van der Waals surface area contributed by atoms with Crippen molar-refractivity contribution in [1.29, 1.82) is 0 Å². The van der Waals surface area contributed by atoms with E-state index in [9.17, 15) is 14.7 Å². The van der Waals surface area contributed by atoms with E-state index in [1.54, 1.807) is 37.4 Å². The molecular weight excluding hydrogens is 362 g/mol. The van der Waals surface area contributed by atoms with Crippen LogP contribution in [0.3, 0.4) is 0 Å². The van der Waals surface area contributed by atoms with E-state index in [0.29, 0.717) is 37.5 Å². The highest BCUT2D eigenvalue weighted by molar-refractivity contribution is 6.15. The van der Waals surface area contributed by atoms with Crippen molar-refractivity contribution in [2.24, 2.45) is 0 Å². The predicted octanol–water partition coefficient (Wildman–Crippen LogP) is 3.29. The molecule has 3 rings (SSSR count). The highest BCUT2D eigenvalue weighted by Gasteiger charge is 2.44. The van der Waals surface area contributed by atoms with Crippen LogP contribution in [0.15, 0.2) is 58.4 Å². The second kappa shape index (κ2) is 8.75. The molecule has 28 heavy (non-hydrogen) atoms. The van der Waals surface area contributed by atoms with Crippen molar-refractivity contribution in [1.82, 2.24) is 4.90 Å². The number of rotatable bonds is 9. The van der Waals surface area contributed by atoms with Crippen molar-refractivity contribution < 1.29 is 28.6 Å². The van der Waals surface area contributed by atoms with Crippen molar-refractivity contribution in [3.05, 3.63) is 65.3 Å². The van der Waals surface area contributed by atoms with Crippen molar-refractivity contribution >= 4 is 11.7 Å². The van der Waals surface area contributed by atoms with Crippen LogP contribution >= 0.6 is 0 Å². The summed E-state index contributed by atoms with van der Waals surface area (Å²) in [5.41, 5.74) is 0.682. The van der Waals surface area contributed by atoms with E-state index in [-0.39, 0.29) is 11.3 Å². The maximum Gasteiger partial charge on any atom is 0.290 e. The lowest BCUT2D eigenvalue weighted by Crippen LogP contribution is -2.32. The topological polar surface area (TPSA) is 89.2 Å². The van der Waals surface area contributed by atoms with Crippen LogP contribution in [0.1, 0.15) is 35.5 Å². The molecule has 1 aliphatic rings. The summed E-state index contributed by atoms with van der Waals surface area (Å²) in [5.74, 6) is -0.958. The van der Waals surface area contributed by atoms with Gasteiger partial charge in [-0.15, -0.1) is 0 Å². The fraction of sp³-hybridized carbons (Fsp3) is 0.333. The molecule has 2 aromatic rings. The Bertz CT molecular complexity index is 871. The summed E-state index contributed by atoms with van der Waals surface area (Å²) in [5, 5.41) is 10.5. The summed E-state index contributed by atoms with van der Waals surface area (Å²) < 4.78 is 15.8. The summed E-state index contributed by atoms with van der Waals surface area (Å²) in [4.78, 5) is 27.2. The lowest BCUT2D eigenvalue weighted by Gasteiger charge is -2.27.